The third-order valence-electron chi connectivity index (χ3n) is 9.25. The molecule has 0 bridgehead atoms. The second kappa shape index (κ2) is 11.5. The Bertz CT molecular complexity index is 1550. The van der Waals surface area contributed by atoms with Gasteiger partial charge in [-0.25, -0.2) is 4.99 Å². The van der Waals surface area contributed by atoms with Crippen molar-refractivity contribution in [1.82, 2.24) is 0 Å². The van der Waals surface area contributed by atoms with Gasteiger partial charge in [0, 0.05) is 34.1 Å². The molecule has 2 saturated carbocycles. The Labute approximate surface area is 242 Å². The minimum Gasteiger partial charge on any atom is -0.496 e. The molecule has 4 unspecified atom stereocenters. The number of nitrogens with zero attached hydrogens (tertiary/aromatic N) is 1. The van der Waals surface area contributed by atoms with Gasteiger partial charge in [0.05, 0.1) is 25.1 Å². The van der Waals surface area contributed by atoms with Crippen LogP contribution in [0.4, 0.5) is 0 Å². The number of carbonyl (C=O) groups excluding carboxylic acids is 1. The number of aliphatic hydroxyl groups excluding tert-OH is 1. The topological polar surface area (TPSA) is 84.9 Å². The van der Waals surface area contributed by atoms with Gasteiger partial charge in [-0.1, -0.05) is 49.1 Å². The maximum atomic E-state index is 12.0. The number of rotatable bonds is 6. The number of aliphatic hydroxyl groups is 1. The lowest BCUT2D eigenvalue weighted by Gasteiger charge is -2.27. The molecular formula is C36H38N2O3. The van der Waals surface area contributed by atoms with Crippen LogP contribution in [0.2, 0.25) is 0 Å². The Morgan fingerprint density at radius 2 is 1.98 bits per heavy atom. The highest BCUT2D eigenvalue weighted by Gasteiger charge is 2.41. The van der Waals surface area contributed by atoms with Crippen molar-refractivity contribution in [2.45, 2.75) is 52.1 Å². The number of amides is 1. The molecule has 41 heavy (non-hydrogen) atoms. The summed E-state index contributed by atoms with van der Waals surface area (Å²) in [7, 11) is 1.62. The summed E-state index contributed by atoms with van der Waals surface area (Å²) < 4.78 is 5.41. The highest BCUT2D eigenvalue weighted by Crippen LogP contribution is 2.50. The molecule has 1 amide bonds. The summed E-state index contributed by atoms with van der Waals surface area (Å²) in [6.45, 7) is 2.31. The van der Waals surface area contributed by atoms with Crippen LogP contribution < -0.4 is 10.5 Å². The van der Waals surface area contributed by atoms with E-state index < -0.39 is 0 Å². The standard InChI is InChI=1S/C36H38N2O3/c1-22-16-28(9-8-26-18-30(26)17-22)35-32-13-10-23(25-12-15-34(41-2)31(19-25)21-39)6-7-24(32)11-14-33(38-35)27-4-3-5-29(20-27)36(37)40/h3-6,10-13,15,19,22,26-28,30,39H,8-9,16-18,20-21H2,1-2H3,(H2,37,40)/t22-,26?,27?,28?,30?/m1/s1. The molecule has 5 heteroatoms. The summed E-state index contributed by atoms with van der Waals surface area (Å²) in [6.07, 6.45) is 20.9. The second-order valence-electron chi connectivity index (χ2n) is 12.1. The van der Waals surface area contributed by atoms with Crippen LogP contribution in [0.3, 0.4) is 0 Å². The van der Waals surface area contributed by atoms with Crippen molar-refractivity contribution in [2.24, 2.45) is 40.3 Å². The largest absolute Gasteiger partial charge is 0.496 e. The van der Waals surface area contributed by atoms with E-state index in [1.54, 1.807) is 13.2 Å². The predicted molar refractivity (Wildman–Crippen MR) is 163 cm³/mol. The van der Waals surface area contributed by atoms with E-state index in [1.807, 2.05) is 36.4 Å². The first-order valence-electron chi connectivity index (χ1n) is 14.8. The zero-order valence-corrected chi connectivity index (χ0v) is 23.9. The molecule has 1 aromatic carbocycles. The molecule has 5 aliphatic rings. The lowest BCUT2D eigenvalue weighted by molar-refractivity contribution is -0.114. The first kappa shape index (κ1) is 27.3. The van der Waals surface area contributed by atoms with Crippen LogP contribution in [0.1, 0.15) is 56.6 Å². The van der Waals surface area contributed by atoms with Gasteiger partial charge in [-0.2, -0.15) is 0 Å². The zero-order chi connectivity index (χ0) is 28.5. The van der Waals surface area contributed by atoms with Crippen molar-refractivity contribution >= 4 is 17.2 Å². The van der Waals surface area contributed by atoms with Crippen LogP contribution in [0.5, 0.6) is 5.75 Å². The molecule has 1 aliphatic heterocycles. The van der Waals surface area contributed by atoms with E-state index in [2.05, 4.69) is 36.6 Å². The summed E-state index contributed by atoms with van der Waals surface area (Å²) >= 11 is 0. The number of hydrogen-bond acceptors (Lipinski definition) is 4. The molecule has 0 radical (unpaired) electrons. The number of ether oxygens (including phenoxy) is 1. The molecule has 1 aromatic rings. The van der Waals surface area contributed by atoms with Crippen molar-refractivity contribution in [3.05, 3.63) is 106 Å². The normalized spacial score (nSPS) is 28.6. The molecule has 6 rings (SSSR count). The molecule has 4 aliphatic carbocycles. The first-order chi connectivity index (χ1) is 19.9. The van der Waals surface area contributed by atoms with E-state index in [1.165, 1.54) is 19.3 Å². The highest BCUT2D eigenvalue weighted by molar-refractivity contribution is 6.07. The van der Waals surface area contributed by atoms with Gasteiger partial charge in [0.2, 0.25) is 5.91 Å². The van der Waals surface area contributed by atoms with Gasteiger partial charge in [0.15, 0.2) is 0 Å². The molecular weight excluding hydrogens is 508 g/mol. The second-order valence-corrected chi connectivity index (χ2v) is 12.1. The fraction of sp³-hybridized carbons (Fsp3) is 0.389. The third-order valence-corrected chi connectivity index (χ3v) is 9.25. The van der Waals surface area contributed by atoms with Crippen LogP contribution in [0.25, 0.3) is 5.57 Å². The van der Waals surface area contributed by atoms with Crippen molar-refractivity contribution in [3.8, 4) is 5.75 Å². The van der Waals surface area contributed by atoms with Gasteiger partial charge in [-0.05, 0) is 91.7 Å². The number of nitrogens with two attached hydrogens (primary N) is 1. The molecule has 5 nitrogen and oxygen atoms in total. The van der Waals surface area contributed by atoms with Gasteiger partial charge in [-0.3, -0.25) is 4.79 Å². The average molecular weight is 547 g/mol. The SMILES string of the molecule is COc1ccc(C2=CC=C3C(=C=C2)C=C=C(C2C=CC=C(C(N)=O)C2)N=C3C2CCC3CC3C[C@H](C)C2)cc1CO. The molecule has 0 spiro atoms. The number of primary amides is 1. The summed E-state index contributed by atoms with van der Waals surface area (Å²) in [5.74, 6) is 3.01. The smallest absolute Gasteiger partial charge is 0.244 e. The van der Waals surface area contributed by atoms with Crippen molar-refractivity contribution < 1.29 is 14.6 Å². The van der Waals surface area contributed by atoms with Gasteiger partial charge in [0.1, 0.15) is 5.75 Å². The van der Waals surface area contributed by atoms with Crippen molar-refractivity contribution in [3.63, 3.8) is 0 Å². The molecule has 1 heterocycles. The molecule has 0 saturated heterocycles. The number of carbonyl (C=O) groups is 1. The van der Waals surface area contributed by atoms with Crippen LogP contribution in [-0.4, -0.2) is 23.8 Å². The lowest BCUT2D eigenvalue weighted by Crippen LogP contribution is -2.23. The number of aliphatic imine (C=N–C) groups is 1. The third kappa shape index (κ3) is 5.80. The van der Waals surface area contributed by atoms with Gasteiger partial charge < -0.3 is 15.6 Å². The summed E-state index contributed by atoms with van der Waals surface area (Å²) in [6, 6.07) is 5.88. The average Bonchev–Trinajstić information content (AvgIpc) is 3.77. The minimum absolute atomic E-state index is 0.0534. The predicted octanol–water partition coefficient (Wildman–Crippen LogP) is 6.54. The molecule has 5 atom stereocenters. The molecule has 3 N–H and O–H groups in total. The maximum absolute atomic E-state index is 12.0. The summed E-state index contributed by atoms with van der Waals surface area (Å²) in [5.41, 5.74) is 20.1. The Morgan fingerprint density at radius 3 is 2.78 bits per heavy atom. The van der Waals surface area contributed by atoms with Gasteiger partial charge in [0.25, 0.3) is 0 Å². The summed E-state index contributed by atoms with van der Waals surface area (Å²) in [5, 5.41) is 9.87. The van der Waals surface area contributed by atoms with Gasteiger partial charge in [-0.15, -0.1) is 5.73 Å². The number of benzene rings is 1. The van der Waals surface area contributed by atoms with Crippen molar-refractivity contribution in [1.29, 1.82) is 0 Å². The molecule has 0 aromatic heterocycles. The zero-order valence-electron chi connectivity index (χ0n) is 23.9. The number of hydrogen-bond donors (Lipinski definition) is 2. The molecule has 210 valence electrons. The highest BCUT2D eigenvalue weighted by atomic mass is 16.5. The van der Waals surface area contributed by atoms with Crippen LogP contribution in [0, 0.1) is 29.6 Å². The fourth-order valence-electron chi connectivity index (χ4n) is 6.90. The minimum atomic E-state index is -0.381. The van der Waals surface area contributed by atoms with E-state index in [9.17, 15) is 9.90 Å². The quantitative estimate of drug-likeness (QED) is 0.398. The van der Waals surface area contributed by atoms with E-state index in [4.69, 9.17) is 15.5 Å². The number of allylic oxidation sites excluding steroid dienone is 8. The van der Waals surface area contributed by atoms with Crippen LogP contribution >= 0.6 is 0 Å². The van der Waals surface area contributed by atoms with E-state index in [0.717, 1.165) is 63.9 Å². The first-order valence-corrected chi connectivity index (χ1v) is 14.8. The van der Waals surface area contributed by atoms with Crippen molar-refractivity contribution in [2.75, 3.05) is 7.11 Å². The Balaban J connectivity index is 1.42. The van der Waals surface area contributed by atoms with Gasteiger partial charge >= 0.3 is 0 Å². The number of methoxy groups -OCH3 is 1. The fourth-order valence-corrected chi connectivity index (χ4v) is 6.90. The lowest BCUT2D eigenvalue weighted by atomic mass is 9.79. The van der Waals surface area contributed by atoms with E-state index in [0.29, 0.717) is 29.6 Å². The molecule has 2 fully saturated rings. The van der Waals surface area contributed by atoms with E-state index >= 15 is 0 Å². The van der Waals surface area contributed by atoms with E-state index in [-0.39, 0.29) is 18.4 Å². The Hall–Kier alpha value is -3.88. The Morgan fingerprint density at radius 1 is 1.10 bits per heavy atom. The summed E-state index contributed by atoms with van der Waals surface area (Å²) in [4.78, 5) is 17.3. The van der Waals surface area contributed by atoms with Crippen LogP contribution in [0.15, 0.2) is 99.6 Å². The number of fused-ring (bicyclic) bond motifs is 2. The Kier molecular flexibility index (Phi) is 7.69. The monoisotopic (exact) mass is 546 g/mol. The maximum Gasteiger partial charge on any atom is 0.244 e. The van der Waals surface area contributed by atoms with Crippen LogP contribution in [-0.2, 0) is 11.4 Å².